The van der Waals surface area contributed by atoms with Crippen molar-refractivity contribution in [1.82, 2.24) is 3.97 Å². The van der Waals surface area contributed by atoms with Crippen molar-refractivity contribution >= 4 is 15.8 Å². The van der Waals surface area contributed by atoms with E-state index in [2.05, 4.69) is 6.58 Å². The van der Waals surface area contributed by atoms with Crippen molar-refractivity contribution in [3.05, 3.63) is 65.0 Å². The molecule has 0 aliphatic heterocycles. The summed E-state index contributed by atoms with van der Waals surface area (Å²) >= 11 is 0. The highest BCUT2D eigenvalue weighted by Gasteiger charge is 2.30. The zero-order valence-electron chi connectivity index (χ0n) is 12.6. The third-order valence-corrected chi connectivity index (χ3v) is 5.88. The van der Waals surface area contributed by atoms with Crippen LogP contribution in [0, 0.1) is 13.8 Å². The van der Waals surface area contributed by atoms with Gasteiger partial charge in [-0.15, -0.1) is 0 Å². The first-order chi connectivity index (χ1) is 10.3. The van der Waals surface area contributed by atoms with Gasteiger partial charge in [0.1, 0.15) is 0 Å². The molecule has 114 valence electrons. The highest BCUT2D eigenvalue weighted by molar-refractivity contribution is 7.90. The summed E-state index contributed by atoms with van der Waals surface area (Å²) in [7, 11) is -3.69. The largest absolute Gasteiger partial charge is 0.289 e. The summed E-state index contributed by atoms with van der Waals surface area (Å²) in [5.41, 5.74) is 3.11. The first-order valence-electron chi connectivity index (χ1n) is 7.08. The van der Waals surface area contributed by atoms with Crippen molar-refractivity contribution in [1.29, 1.82) is 0 Å². The smallest absolute Gasteiger partial charge is 0.268 e. The van der Waals surface area contributed by atoms with Crippen LogP contribution in [0.25, 0.3) is 0 Å². The van der Waals surface area contributed by atoms with Crippen LogP contribution in [0.15, 0.2) is 47.4 Å². The quantitative estimate of drug-likeness (QED) is 0.800. The van der Waals surface area contributed by atoms with E-state index in [-0.39, 0.29) is 10.7 Å². The van der Waals surface area contributed by atoms with Crippen molar-refractivity contribution in [3.8, 4) is 0 Å². The zero-order valence-corrected chi connectivity index (χ0v) is 13.4. The molecule has 1 aliphatic rings. The van der Waals surface area contributed by atoms with E-state index in [1.165, 1.54) is 3.97 Å². The molecular formula is C17H17NO3S. The molecule has 5 heteroatoms. The van der Waals surface area contributed by atoms with Gasteiger partial charge in [0.2, 0.25) is 0 Å². The van der Waals surface area contributed by atoms with E-state index in [9.17, 15) is 13.2 Å². The molecule has 3 rings (SSSR count). The Labute approximate surface area is 130 Å². The lowest BCUT2D eigenvalue weighted by Gasteiger charge is -2.17. The number of nitrogens with zero attached hydrogens (tertiary/aromatic N) is 1. The topological polar surface area (TPSA) is 56.1 Å². The summed E-state index contributed by atoms with van der Waals surface area (Å²) in [4.78, 5) is 12.4. The molecule has 0 radical (unpaired) electrons. The minimum absolute atomic E-state index is 0.151. The monoisotopic (exact) mass is 315 g/mol. The summed E-state index contributed by atoms with van der Waals surface area (Å²) < 4.78 is 27.1. The van der Waals surface area contributed by atoms with Crippen LogP contribution in [0.1, 0.15) is 33.7 Å². The summed E-state index contributed by atoms with van der Waals surface area (Å²) in [6.45, 7) is 7.37. The Bertz CT molecular complexity index is 887. The van der Waals surface area contributed by atoms with Gasteiger partial charge in [0.15, 0.2) is 5.78 Å². The number of Topliss-reactive ketones (excluding diaryl/α,β-unsaturated/α-hetero) is 1. The fourth-order valence-corrected chi connectivity index (χ4v) is 4.43. The van der Waals surface area contributed by atoms with Crippen LogP contribution in [-0.4, -0.2) is 18.2 Å². The SMILES string of the molecule is C=C1CCc2c(cc(C)n2S(=O)(=O)c2ccc(C)cc2)C1=O. The number of carbonyl (C=O) groups is 1. The van der Waals surface area contributed by atoms with Crippen LogP contribution in [0.2, 0.25) is 0 Å². The molecule has 0 fully saturated rings. The number of benzene rings is 1. The maximum Gasteiger partial charge on any atom is 0.268 e. The van der Waals surface area contributed by atoms with Crippen LogP contribution in [0.4, 0.5) is 0 Å². The van der Waals surface area contributed by atoms with Crippen molar-refractivity contribution in [2.45, 2.75) is 31.6 Å². The second kappa shape index (κ2) is 4.95. The van der Waals surface area contributed by atoms with Gasteiger partial charge < -0.3 is 0 Å². The molecule has 0 saturated heterocycles. The van der Waals surface area contributed by atoms with Crippen LogP contribution in [-0.2, 0) is 16.4 Å². The van der Waals surface area contributed by atoms with Crippen molar-refractivity contribution < 1.29 is 13.2 Å². The van der Waals surface area contributed by atoms with Gasteiger partial charge in [0, 0.05) is 17.0 Å². The molecule has 0 amide bonds. The first kappa shape index (κ1) is 14.8. The van der Waals surface area contributed by atoms with E-state index in [0.29, 0.717) is 35.4 Å². The van der Waals surface area contributed by atoms with Gasteiger partial charge in [-0.25, -0.2) is 12.4 Å². The first-order valence-corrected chi connectivity index (χ1v) is 8.52. The Hall–Kier alpha value is -2.14. The highest BCUT2D eigenvalue weighted by atomic mass is 32.2. The number of allylic oxidation sites excluding steroid dienone is 1. The normalized spacial score (nSPS) is 15.0. The van der Waals surface area contributed by atoms with Gasteiger partial charge >= 0.3 is 0 Å². The molecule has 0 N–H and O–H groups in total. The number of rotatable bonds is 2. The fraction of sp³-hybridized carbons (Fsp3) is 0.235. The highest BCUT2D eigenvalue weighted by Crippen LogP contribution is 2.30. The van der Waals surface area contributed by atoms with Crippen molar-refractivity contribution in [2.24, 2.45) is 0 Å². The van der Waals surface area contributed by atoms with Gasteiger partial charge in [-0.2, -0.15) is 0 Å². The van der Waals surface area contributed by atoms with Crippen molar-refractivity contribution in [2.75, 3.05) is 0 Å². The molecule has 0 unspecified atom stereocenters. The average molecular weight is 315 g/mol. The van der Waals surface area contributed by atoms with Gasteiger partial charge in [-0.3, -0.25) is 4.79 Å². The van der Waals surface area contributed by atoms with Gasteiger partial charge in [0.25, 0.3) is 10.0 Å². The third-order valence-electron chi connectivity index (χ3n) is 4.02. The van der Waals surface area contributed by atoms with E-state index < -0.39 is 10.0 Å². The molecule has 2 aromatic rings. The number of hydrogen-bond donors (Lipinski definition) is 0. The summed E-state index contributed by atoms with van der Waals surface area (Å²) in [6, 6.07) is 8.38. The minimum atomic E-state index is -3.69. The molecular weight excluding hydrogens is 298 g/mol. The standard InChI is InChI=1S/C17H17NO3S/c1-11-4-7-14(8-5-11)22(20,21)18-13(3)10-15-16(18)9-6-12(2)17(15)19/h4-5,7-8,10H,2,6,9H2,1,3H3. The fourth-order valence-electron chi connectivity index (χ4n) is 2.83. The van der Waals surface area contributed by atoms with Crippen LogP contribution in [0.5, 0.6) is 0 Å². The lowest BCUT2D eigenvalue weighted by molar-refractivity contribution is 0.102. The number of aryl methyl sites for hydroxylation is 2. The van der Waals surface area contributed by atoms with Gasteiger partial charge in [0.05, 0.1) is 4.90 Å². The number of carbonyl (C=O) groups excluding carboxylic acids is 1. The van der Waals surface area contributed by atoms with Crippen LogP contribution in [0.3, 0.4) is 0 Å². The van der Waals surface area contributed by atoms with Crippen molar-refractivity contribution in [3.63, 3.8) is 0 Å². The van der Waals surface area contributed by atoms with E-state index in [0.717, 1.165) is 5.56 Å². The number of fused-ring (bicyclic) bond motifs is 1. The number of hydrogen-bond acceptors (Lipinski definition) is 3. The maximum absolute atomic E-state index is 12.9. The Balaban J connectivity index is 2.21. The average Bonchev–Trinajstić information content (AvgIpc) is 2.81. The Morgan fingerprint density at radius 3 is 2.36 bits per heavy atom. The van der Waals surface area contributed by atoms with Crippen LogP contribution < -0.4 is 0 Å². The summed E-state index contributed by atoms with van der Waals surface area (Å²) in [6.07, 6.45) is 1.01. The molecule has 0 spiro atoms. The Kier molecular flexibility index (Phi) is 3.33. The molecule has 0 atom stereocenters. The lowest BCUT2D eigenvalue weighted by atomic mass is 9.93. The van der Waals surface area contributed by atoms with E-state index in [4.69, 9.17) is 0 Å². The predicted molar refractivity (Wildman–Crippen MR) is 84.7 cm³/mol. The van der Waals surface area contributed by atoms with Crippen LogP contribution >= 0.6 is 0 Å². The molecule has 1 aliphatic carbocycles. The molecule has 22 heavy (non-hydrogen) atoms. The predicted octanol–water partition coefficient (Wildman–Crippen LogP) is 3.03. The van der Waals surface area contributed by atoms with E-state index in [1.807, 2.05) is 6.92 Å². The third kappa shape index (κ3) is 2.13. The summed E-state index contributed by atoms with van der Waals surface area (Å²) in [5, 5.41) is 0. The minimum Gasteiger partial charge on any atom is -0.289 e. The van der Waals surface area contributed by atoms with E-state index in [1.54, 1.807) is 37.3 Å². The Morgan fingerprint density at radius 1 is 1.09 bits per heavy atom. The maximum atomic E-state index is 12.9. The van der Waals surface area contributed by atoms with E-state index >= 15 is 0 Å². The van der Waals surface area contributed by atoms with Gasteiger partial charge in [-0.05, 0) is 50.5 Å². The Morgan fingerprint density at radius 2 is 1.73 bits per heavy atom. The second-order valence-electron chi connectivity index (χ2n) is 5.66. The molecule has 0 bridgehead atoms. The second-order valence-corrected chi connectivity index (χ2v) is 7.45. The summed E-state index contributed by atoms with van der Waals surface area (Å²) in [5.74, 6) is -0.151. The van der Waals surface area contributed by atoms with Gasteiger partial charge in [-0.1, -0.05) is 24.3 Å². The molecule has 1 aromatic heterocycles. The number of ketones is 1. The molecule has 1 aromatic carbocycles. The zero-order chi connectivity index (χ0) is 16.1. The molecule has 4 nitrogen and oxygen atoms in total. The molecule has 1 heterocycles. The number of aromatic nitrogens is 1. The lowest BCUT2D eigenvalue weighted by Crippen LogP contribution is -2.21. The molecule has 0 saturated carbocycles.